The zero-order chi connectivity index (χ0) is 16.7. The molecule has 1 saturated heterocycles. The summed E-state index contributed by atoms with van der Waals surface area (Å²) in [5.74, 6) is 0.0594. The van der Waals surface area contributed by atoms with Crippen LogP contribution in [0.25, 0.3) is 5.57 Å². The second-order valence-electron chi connectivity index (χ2n) is 5.95. The van der Waals surface area contributed by atoms with Gasteiger partial charge in [0.15, 0.2) is 0 Å². The van der Waals surface area contributed by atoms with Crippen molar-refractivity contribution in [2.45, 2.75) is 20.8 Å². The van der Waals surface area contributed by atoms with Gasteiger partial charge in [0.2, 0.25) is 0 Å². The lowest BCUT2D eigenvalue weighted by Gasteiger charge is -2.16. The Balaban J connectivity index is 2.10. The summed E-state index contributed by atoms with van der Waals surface area (Å²) in [6.07, 6.45) is 0. The number of anilines is 1. The van der Waals surface area contributed by atoms with E-state index in [4.69, 9.17) is 12.2 Å². The highest BCUT2D eigenvalue weighted by molar-refractivity contribution is 8.26. The topological polar surface area (TPSA) is 40.6 Å². The molecule has 0 N–H and O–H groups in total. The Hall–Kier alpha value is -1.66. The first-order valence-corrected chi connectivity index (χ1v) is 8.87. The van der Waals surface area contributed by atoms with Crippen LogP contribution in [0.15, 0.2) is 29.2 Å². The normalized spacial score (nSPS) is 21.0. The van der Waals surface area contributed by atoms with Crippen molar-refractivity contribution >= 4 is 51.4 Å². The lowest BCUT2D eigenvalue weighted by Crippen LogP contribution is -2.32. The number of carbonyl (C=O) groups excluding carboxylic acids is 2. The maximum Gasteiger partial charge on any atom is 0.267 e. The summed E-state index contributed by atoms with van der Waals surface area (Å²) in [4.78, 5) is 29.4. The molecule has 3 rings (SSSR count). The summed E-state index contributed by atoms with van der Waals surface area (Å²) in [5, 5.41) is 0. The molecule has 0 aliphatic carbocycles. The number of carbonyl (C=O) groups is 2. The van der Waals surface area contributed by atoms with Crippen molar-refractivity contribution in [1.82, 2.24) is 4.90 Å². The first-order valence-electron chi connectivity index (χ1n) is 7.64. The molecule has 1 fully saturated rings. The van der Waals surface area contributed by atoms with Gasteiger partial charge < -0.3 is 4.90 Å². The van der Waals surface area contributed by atoms with Crippen LogP contribution in [0.3, 0.4) is 0 Å². The molecule has 1 aromatic carbocycles. The lowest BCUT2D eigenvalue weighted by molar-refractivity contribution is -0.122. The number of para-hydroxylation sites is 1. The molecule has 4 nitrogen and oxygen atoms in total. The van der Waals surface area contributed by atoms with Gasteiger partial charge in [0.1, 0.15) is 4.32 Å². The first kappa shape index (κ1) is 16.2. The van der Waals surface area contributed by atoms with E-state index < -0.39 is 0 Å². The van der Waals surface area contributed by atoms with Gasteiger partial charge in [-0.25, -0.2) is 0 Å². The van der Waals surface area contributed by atoms with E-state index in [2.05, 4.69) is 0 Å². The Morgan fingerprint density at radius 2 is 1.83 bits per heavy atom. The van der Waals surface area contributed by atoms with E-state index in [1.807, 2.05) is 45.0 Å². The van der Waals surface area contributed by atoms with Crippen LogP contribution in [-0.4, -0.2) is 34.1 Å². The van der Waals surface area contributed by atoms with Crippen LogP contribution in [0.5, 0.6) is 0 Å². The molecule has 23 heavy (non-hydrogen) atoms. The van der Waals surface area contributed by atoms with E-state index in [1.54, 1.807) is 9.80 Å². The predicted octanol–water partition coefficient (Wildman–Crippen LogP) is 3.28. The maximum atomic E-state index is 12.8. The molecule has 0 atom stereocenters. The smallest absolute Gasteiger partial charge is 0.267 e. The van der Waals surface area contributed by atoms with Crippen LogP contribution in [0.2, 0.25) is 0 Å². The molecule has 2 amide bonds. The fraction of sp³-hybridized carbons (Fsp3) is 0.353. The zero-order valence-electron chi connectivity index (χ0n) is 13.3. The molecular weight excluding hydrogens is 328 g/mol. The summed E-state index contributed by atoms with van der Waals surface area (Å²) in [6, 6.07) is 7.60. The third-order valence-corrected chi connectivity index (χ3v) is 5.31. The van der Waals surface area contributed by atoms with E-state index in [-0.39, 0.29) is 11.8 Å². The summed E-state index contributed by atoms with van der Waals surface area (Å²) in [7, 11) is 0. The van der Waals surface area contributed by atoms with Crippen molar-refractivity contribution in [2.75, 3.05) is 18.0 Å². The Labute approximate surface area is 145 Å². The largest absolute Gasteiger partial charge is 0.308 e. The van der Waals surface area contributed by atoms with Crippen LogP contribution in [0.1, 0.15) is 26.3 Å². The highest BCUT2D eigenvalue weighted by atomic mass is 32.2. The van der Waals surface area contributed by atoms with Crippen LogP contribution >= 0.6 is 24.0 Å². The predicted molar refractivity (Wildman–Crippen MR) is 98.1 cm³/mol. The minimum Gasteiger partial charge on any atom is -0.308 e. The summed E-state index contributed by atoms with van der Waals surface area (Å²) in [5.41, 5.74) is 2.18. The second kappa shape index (κ2) is 6.09. The van der Waals surface area contributed by atoms with Gasteiger partial charge in [-0.05, 0) is 18.9 Å². The van der Waals surface area contributed by atoms with Crippen molar-refractivity contribution < 1.29 is 9.59 Å². The van der Waals surface area contributed by atoms with E-state index in [0.717, 1.165) is 11.3 Å². The van der Waals surface area contributed by atoms with Crippen molar-refractivity contribution in [3.8, 4) is 0 Å². The number of thiocarbonyl (C=S) groups is 1. The SMILES string of the molecule is CCN1C(=O)/C(=C2\SC(=S)N(CC(C)C)C2=O)c2ccccc21. The molecule has 0 spiro atoms. The second-order valence-corrected chi connectivity index (χ2v) is 7.59. The number of hydrogen-bond acceptors (Lipinski definition) is 4. The van der Waals surface area contributed by atoms with Gasteiger partial charge in [-0.1, -0.05) is 56.0 Å². The summed E-state index contributed by atoms with van der Waals surface area (Å²) < 4.78 is 0.534. The summed E-state index contributed by atoms with van der Waals surface area (Å²) in [6.45, 7) is 7.17. The number of hydrogen-bond donors (Lipinski definition) is 0. The fourth-order valence-corrected chi connectivity index (χ4v) is 4.23. The monoisotopic (exact) mass is 346 g/mol. The van der Waals surface area contributed by atoms with Crippen LogP contribution < -0.4 is 4.90 Å². The molecule has 2 aliphatic heterocycles. The number of nitrogens with zero attached hydrogens (tertiary/aromatic N) is 2. The van der Waals surface area contributed by atoms with Crippen LogP contribution in [0, 0.1) is 5.92 Å². The molecule has 0 aromatic heterocycles. The van der Waals surface area contributed by atoms with Crippen LogP contribution in [-0.2, 0) is 9.59 Å². The number of benzene rings is 1. The first-order chi connectivity index (χ1) is 11.0. The number of thioether (sulfide) groups is 1. The number of likely N-dealkylation sites (N-methyl/N-ethyl adjacent to an activating group) is 1. The molecule has 2 aliphatic rings. The minimum absolute atomic E-state index is 0.112. The molecule has 0 radical (unpaired) electrons. The molecule has 2 heterocycles. The Kier molecular flexibility index (Phi) is 4.29. The number of fused-ring (bicyclic) bond motifs is 1. The third-order valence-electron chi connectivity index (χ3n) is 3.86. The van der Waals surface area contributed by atoms with Gasteiger partial charge in [0.25, 0.3) is 11.8 Å². The third kappa shape index (κ3) is 2.60. The summed E-state index contributed by atoms with van der Waals surface area (Å²) >= 11 is 6.59. The maximum absolute atomic E-state index is 12.8. The highest BCUT2D eigenvalue weighted by Gasteiger charge is 2.41. The van der Waals surface area contributed by atoms with Crippen molar-refractivity contribution in [3.05, 3.63) is 34.7 Å². The van der Waals surface area contributed by atoms with E-state index in [1.165, 1.54) is 11.8 Å². The Bertz CT molecular complexity index is 740. The standard InChI is InChI=1S/C17H18N2O2S2/c1-4-18-12-8-6-5-7-11(12)13(15(18)20)14-16(21)19(9-10(2)3)17(22)23-14/h5-8,10H,4,9H2,1-3H3/b14-13-. The molecule has 6 heteroatoms. The molecule has 0 unspecified atom stereocenters. The highest BCUT2D eigenvalue weighted by Crippen LogP contribution is 2.44. The Morgan fingerprint density at radius 1 is 1.13 bits per heavy atom. The van der Waals surface area contributed by atoms with Crippen molar-refractivity contribution in [2.24, 2.45) is 5.92 Å². The number of amides is 2. The van der Waals surface area contributed by atoms with Gasteiger partial charge in [-0.15, -0.1) is 0 Å². The van der Waals surface area contributed by atoms with E-state index >= 15 is 0 Å². The van der Waals surface area contributed by atoms with Gasteiger partial charge >= 0.3 is 0 Å². The van der Waals surface area contributed by atoms with Gasteiger partial charge in [0.05, 0.1) is 16.2 Å². The average molecular weight is 346 g/mol. The van der Waals surface area contributed by atoms with Gasteiger partial charge in [-0.2, -0.15) is 0 Å². The molecule has 1 aromatic rings. The van der Waals surface area contributed by atoms with E-state index in [9.17, 15) is 9.59 Å². The molecular formula is C17H18N2O2S2. The van der Waals surface area contributed by atoms with Crippen molar-refractivity contribution in [1.29, 1.82) is 0 Å². The quantitative estimate of drug-likeness (QED) is 0.622. The fourth-order valence-electron chi connectivity index (χ4n) is 2.89. The van der Waals surface area contributed by atoms with Crippen LogP contribution in [0.4, 0.5) is 5.69 Å². The van der Waals surface area contributed by atoms with Crippen molar-refractivity contribution in [3.63, 3.8) is 0 Å². The van der Waals surface area contributed by atoms with Gasteiger partial charge in [-0.3, -0.25) is 14.5 Å². The average Bonchev–Trinajstić information content (AvgIpc) is 2.94. The molecule has 0 saturated carbocycles. The lowest BCUT2D eigenvalue weighted by atomic mass is 10.1. The molecule has 0 bridgehead atoms. The van der Waals surface area contributed by atoms with Gasteiger partial charge in [0, 0.05) is 18.7 Å². The van der Waals surface area contributed by atoms with E-state index in [0.29, 0.717) is 33.8 Å². The minimum atomic E-state index is -0.148. The molecule has 120 valence electrons. The zero-order valence-corrected chi connectivity index (χ0v) is 15.0. The number of rotatable bonds is 3. The Morgan fingerprint density at radius 3 is 2.48 bits per heavy atom.